The minimum absolute atomic E-state index is 0.206. The lowest BCUT2D eigenvalue weighted by atomic mass is 9.86. The second-order valence-corrected chi connectivity index (χ2v) is 9.39. The van der Waals surface area contributed by atoms with Crippen molar-refractivity contribution in [1.29, 1.82) is 0 Å². The molecule has 6 heteroatoms. The predicted molar refractivity (Wildman–Crippen MR) is 127 cm³/mol. The van der Waals surface area contributed by atoms with Crippen LogP contribution in [-0.2, 0) is 11.2 Å². The maximum Gasteiger partial charge on any atom is 0.286 e. The number of rotatable bonds is 7. The number of carbonyl (C=O) groups excluding carboxylic acids is 3. The van der Waals surface area contributed by atoms with Gasteiger partial charge in [-0.1, -0.05) is 84.6 Å². The molecule has 0 aliphatic carbocycles. The molecule has 2 atom stereocenters. The highest BCUT2D eigenvalue weighted by atomic mass is 32.2. The molecule has 1 heterocycles. The minimum Gasteiger partial charge on any atom is -0.346 e. The van der Waals surface area contributed by atoms with Crippen molar-refractivity contribution in [3.63, 3.8) is 0 Å². The first kappa shape index (κ1) is 21.8. The second kappa shape index (κ2) is 9.40. The molecule has 1 aliphatic heterocycles. The highest BCUT2D eigenvalue weighted by molar-refractivity contribution is 8.15. The van der Waals surface area contributed by atoms with Crippen molar-refractivity contribution >= 4 is 28.8 Å². The first-order chi connectivity index (χ1) is 15.4. The summed E-state index contributed by atoms with van der Waals surface area (Å²) in [6.07, 6.45) is 0.855. The van der Waals surface area contributed by atoms with Crippen LogP contribution in [0.15, 0.2) is 84.9 Å². The molecular weight excluding hydrogens is 420 g/mol. The van der Waals surface area contributed by atoms with E-state index in [1.54, 1.807) is 12.1 Å². The summed E-state index contributed by atoms with van der Waals surface area (Å²) in [7, 11) is 0. The summed E-state index contributed by atoms with van der Waals surface area (Å²) >= 11 is 0.983. The average molecular weight is 445 g/mol. The molecule has 4 rings (SSSR count). The van der Waals surface area contributed by atoms with Crippen LogP contribution in [0.3, 0.4) is 0 Å². The number of carbonyl (C=O) groups is 3. The van der Waals surface area contributed by atoms with E-state index in [0.29, 0.717) is 18.4 Å². The van der Waals surface area contributed by atoms with E-state index in [1.807, 2.05) is 55.5 Å². The maximum atomic E-state index is 13.0. The van der Waals surface area contributed by atoms with Crippen LogP contribution in [0.25, 0.3) is 11.1 Å². The number of hydrogen-bond donors (Lipinski definition) is 2. The number of amides is 3. The Morgan fingerprint density at radius 3 is 2.25 bits per heavy atom. The fraction of sp³-hybridized carbons (Fsp3) is 0.192. The third kappa shape index (κ3) is 5.26. The first-order valence-corrected chi connectivity index (χ1v) is 11.3. The van der Waals surface area contributed by atoms with Crippen molar-refractivity contribution in [2.24, 2.45) is 0 Å². The van der Waals surface area contributed by atoms with Gasteiger partial charge in [-0.05, 0) is 48.6 Å². The molecule has 162 valence electrons. The van der Waals surface area contributed by atoms with Crippen molar-refractivity contribution in [3.8, 4) is 11.1 Å². The van der Waals surface area contributed by atoms with Crippen LogP contribution in [0.4, 0.5) is 4.79 Å². The summed E-state index contributed by atoms with van der Waals surface area (Å²) in [4.78, 5) is 36.9. The fourth-order valence-electron chi connectivity index (χ4n) is 3.98. The summed E-state index contributed by atoms with van der Waals surface area (Å²) in [6.45, 7) is 1.93. The molecule has 5 nitrogen and oxygen atoms in total. The molecule has 3 aromatic carbocycles. The van der Waals surface area contributed by atoms with Crippen molar-refractivity contribution in [2.75, 3.05) is 0 Å². The Morgan fingerprint density at radius 1 is 0.938 bits per heavy atom. The lowest BCUT2D eigenvalue weighted by Gasteiger charge is -2.33. The first-order valence-electron chi connectivity index (χ1n) is 10.5. The maximum absolute atomic E-state index is 13.0. The van der Waals surface area contributed by atoms with E-state index in [9.17, 15) is 14.4 Å². The lowest BCUT2D eigenvalue weighted by Crippen LogP contribution is -2.50. The highest BCUT2D eigenvalue weighted by Crippen LogP contribution is 2.31. The molecular formula is C26H24N2O3S. The number of thioether (sulfide) groups is 1. The van der Waals surface area contributed by atoms with E-state index in [1.165, 1.54) is 0 Å². The number of imide groups is 1. The molecule has 0 radical (unpaired) electrons. The zero-order valence-corrected chi connectivity index (χ0v) is 18.5. The van der Waals surface area contributed by atoms with Crippen LogP contribution in [0.1, 0.15) is 29.3 Å². The van der Waals surface area contributed by atoms with Gasteiger partial charge in [0.15, 0.2) is 0 Å². The van der Waals surface area contributed by atoms with Gasteiger partial charge in [0.2, 0.25) is 5.91 Å². The molecule has 0 saturated carbocycles. The fourth-order valence-corrected chi connectivity index (χ4v) is 5.02. The van der Waals surface area contributed by atoms with Gasteiger partial charge in [0, 0.05) is 11.1 Å². The summed E-state index contributed by atoms with van der Waals surface area (Å²) in [5.74, 6) is -0.514. The highest BCUT2D eigenvalue weighted by Gasteiger charge is 2.39. The molecule has 32 heavy (non-hydrogen) atoms. The van der Waals surface area contributed by atoms with Crippen molar-refractivity contribution in [2.45, 2.75) is 30.6 Å². The van der Waals surface area contributed by atoms with Crippen LogP contribution in [0.5, 0.6) is 0 Å². The van der Waals surface area contributed by atoms with Gasteiger partial charge in [0.05, 0.1) is 5.25 Å². The van der Waals surface area contributed by atoms with Crippen LogP contribution in [0.2, 0.25) is 0 Å². The summed E-state index contributed by atoms with van der Waals surface area (Å²) in [6, 6.07) is 27.3. The van der Waals surface area contributed by atoms with E-state index in [2.05, 4.69) is 34.9 Å². The Bertz CT molecular complexity index is 1130. The van der Waals surface area contributed by atoms with E-state index in [-0.39, 0.29) is 17.1 Å². The molecule has 1 saturated heterocycles. The second-order valence-electron chi connectivity index (χ2n) is 8.21. The summed E-state index contributed by atoms with van der Waals surface area (Å²) in [5, 5.41) is 4.59. The van der Waals surface area contributed by atoms with Gasteiger partial charge >= 0.3 is 0 Å². The summed E-state index contributed by atoms with van der Waals surface area (Å²) in [5.41, 5.74) is 3.05. The van der Waals surface area contributed by atoms with Gasteiger partial charge in [-0.15, -0.1) is 0 Å². The van der Waals surface area contributed by atoms with Gasteiger partial charge < -0.3 is 5.32 Å². The molecule has 0 aromatic heterocycles. The SMILES string of the molecule is CC(Cc1cccc(-c2ccccc2)c1)(CC1SC(=O)NC1=O)NC(=O)c1ccccc1. The zero-order valence-electron chi connectivity index (χ0n) is 17.7. The predicted octanol–water partition coefficient (Wildman–Crippen LogP) is 4.83. The van der Waals surface area contributed by atoms with Crippen molar-refractivity contribution < 1.29 is 14.4 Å². The van der Waals surface area contributed by atoms with E-state index < -0.39 is 10.8 Å². The molecule has 3 aromatic rings. The average Bonchev–Trinajstić information content (AvgIpc) is 3.11. The van der Waals surface area contributed by atoms with E-state index >= 15 is 0 Å². The van der Waals surface area contributed by atoms with Gasteiger partial charge in [-0.2, -0.15) is 0 Å². The van der Waals surface area contributed by atoms with Gasteiger partial charge in [0.1, 0.15) is 0 Å². The molecule has 2 N–H and O–H groups in total. The normalized spacial score (nSPS) is 17.5. The Morgan fingerprint density at radius 2 is 1.59 bits per heavy atom. The smallest absolute Gasteiger partial charge is 0.286 e. The molecule has 0 spiro atoms. The van der Waals surface area contributed by atoms with Gasteiger partial charge in [0.25, 0.3) is 11.1 Å². The molecule has 2 unspecified atom stereocenters. The topological polar surface area (TPSA) is 75.3 Å². The number of benzene rings is 3. The summed E-state index contributed by atoms with van der Waals surface area (Å²) < 4.78 is 0. The van der Waals surface area contributed by atoms with E-state index in [0.717, 1.165) is 28.5 Å². The minimum atomic E-state index is -0.734. The van der Waals surface area contributed by atoms with Gasteiger partial charge in [-0.3, -0.25) is 19.7 Å². The zero-order chi connectivity index (χ0) is 22.6. The molecule has 1 fully saturated rings. The quantitative estimate of drug-likeness (QED) is 0.548. The Labute approximate surface area is 191 Å². The van der Waals surface area contributed by atoms with Crippen LogP contribution >= 0.6 is 11.8 Å². The Kier molecular flexibility index (Phi) is 6.42. The lowest BCUT2D eigenvalue weighted by molar-refractivity contribution is -0.119. The van der Waals surface area contributed by atoms with Crippen LogP contribution in [0, 0.1) is 0 Å². The number of hydrogen-bond acceptors (Lipinski definition) is 4. The Hall–Kier alpha value is -3.38. The monoisotopic (exact) mass is 444 g/mol. The largest absolute Gasteiger partial charge is 0.346 e. The van der Waals surface area contributed by atoms with Crippen LogP contribution < -0.4 is 10.6 Å². The molecule has 0 bridgehead atoms. The number of nitrogens with one attached hydrogen (secondary N) is 2. The van der Waals surface area contributed by atoms with Crippen LogP contribution in [-0.4, -0.2) is 27.8 Å². The molecule has 1 aliphatic rings. The van der Waals surface area contributed by atoms with E-state index in [4.69, 9.17) is 0 Å². The third-order valence-corrected chi connectivity index (χ3v) is 6.46. The molecule has 3 amide bonds. The third-order valence-electron chi connectivity index (χ3n) is 5.48. The standard InChI is InChI=1S/C26H24N2O3S/c1-26(17-22-24(30)27-25(31)32-22,28-23(29)20-12-6-3-7-13-20)16-18-9-8-14-21(15-18)19-10-4-2-5-11-19/h2-15,22H,16-17H2,1H3,(H,28,29)(H,27,30,31). The van der Waals surface area contributed by atoms with Crippen molar-refractivity contribution in [3.05, 3.63) is 96.1 Å². The van der Waals surface area contributed by atoms with Gasteiger partial charge in [-0.25, -0.2) is 0 Å². The van der Waals surface area contributed by atoms with Crippen molar-refractivity contribution in [1.82, 2.24) is 10.6 Å². The Balaban J connectivity index is 1.61.